The molecule has 0 aliphatic heterocycles. The van der Waals surface area contributed by atoms with Gasteiger partial charge in [0.15, 0.2) is 0 Å². The van der Waals surface area contributed by atoms with E-state index in [9.17, 15) is 14.7 Å². The van der Waals surface area contributed by atoms with Gasteiger partial charge in [-0.25, -0.2) is 4.79 Å². The molecule has 0 spiro atoms. The van der Waals surface area contributed by atoms with Crippen LogP contribution in [0.5, 0.6) is 0 Å². The first kappa shape index (κ1) is 18.4. The van der Waals surface area contributed by atoms with Crippen molar-refractivity contribution in [2.45, 2.75) is 26.4 Å². The molecule has 0 bridgehead atoms. The third kappa shape index (κ3) is 5.60. The van der Waals surface area contributed by atoms with E-state index in [-0.39, 0.29) is 18.4 Å². The molecule has 1 heterocycles. The average molecular weight is 341 g/mol. The summed E-state index contributed by atoms with van der Waals surface area (Å²) in [5.74, 6) is -1.54. The molecule has 0 saturated carbocycles. The Morgan fingerprint density at radius 3 is 2.44 bits per heavy atom. The quantitative estimate of drug-likeness (QED) is 0.770. The summed E-state index contributed by atoms with van der Waals surface area (Å²) in [5, 5.41) is 11.8. The molecule has 0 saturated heterocycles. The molecule has 1 aromatic carbocycles. The molecule has 132 valence electrons. The molecule has 6 heteroatoms. The van der Waals surface area contributed by atoms with Gasteiger partial charge in [0.1, 0.15) is 6.04 Å². The third-order valence-corrected chi connectivity index (χ3v) is 3.80. The second-order valence-corrected chi connectivity index (χ2v) is 6.18. The molecule has 0 fully saturated rings. The van der Waals surface area contributed by atoms with Crippen molar-refractivity contribution in [3.05, 3.63) is 60.4 Å². The Kier molecular flexibility index (Phi) is 6.51. The summed E-state index contributed by atoms with van der Waals surface area (Å²) < 4.78 is 0. The number of benzene rings is 1. The van der Waals surface area contributed by atoms with Crippen LogP contribution in [0.2, 0.25) is 0 Å². The number of carboxylic acids is 1. The van der Waals surface area contributed by atoms with E-state index in [0.717, 1.165) is 11.3 Å². The minimum absolute atomic E-state index is 0.0649. The van der Waals surface area contributed by atoms with Gasteiger partial charge in [-0.15, -0.1) is 0 Å². The minimum atomic E-state index is -1.03. The fourth-order valence-electron chi connectivity index (χ4n) is 2.50. The highest BCUT2D eigenvalue weighted by Crippen LogP contribution is 2.16. The van der Waals surface area contributed by atoms with Crippen molar-refractivity contribution in [1.82, 2.24) is 10.3 Å². The number of hydrogen-bond acceptors (Lipinski definition) is 4. The van der Waals surface area contributed by atoms with E-state index < -0.39 is 12.0 Å². The van der Waals surface area contributed by atoms with Crippen LogP contribution in [0.1, 0.15) is 19.4 Å². The number of carboxylic acid groups (broad SMARTS) is 1. The minimum Gasteiger partial charge on any atom is -0.480 e. The van der Waals surface area contributed by atoms with Crippen LogP contribution < -0.4 is 10.2 Å². The highest BCUT2D eigenvalue weighted by Gasteiger charge is 2.24. The van der Waals surface area contributed by atoms with Gasteiger partial charge in [0.05, 0.1) is 6.54 Å². The summed E-state index contributed by atoms with van der Waals surface area (Å²) in [6.07, 6.45) is 3.45. The molecule has 1 amide bonds. The lowest BCUT2D eigenvalue weighted by molar-refractivity contribution is -0.142. The zero-order chi connectivity index (χ0) is 18.2. The van der Waals surface area contributed by atoms with Gasteiger partial charge in [-0.3, -0.25) is 9.78 Å². The van der Waals surface area contributed by atoms with Crippen LogP contribution in [-0.4, -0.2) is 34.6 Å². The molecule has 0 aliphatic carbocycles. The van der Waals surface area contributed by atoms with E-state index in [0.29, 0.717) is 6.54 Å². The van der Waals surface area contributed by atoms with Crippen molar-refractivity contribution in [2.75, 3.05) is 11.4 Å². The summed E-state index contributed by atoms with van der Waals surface area (Å²) in [5.41, 5.74) is 1.86. The van der Waals surface area contributed by atoms with Gasteiger partial charge < -0.3 is 15.3 Å². The second kappa shape index (κ2) is 8.82. The number of hydrogen-bond donors (Lipinski definition) is 2. The summed E-state index contributed by atoms with van der Waals surface area (Å²) in [6.45, 7) is 4.10. The highest BCUT2D eigenvalue weighted by atomic mass is 16.4. The number of aromatic nitrogens is 1. The monoisotopic (exact) mass is 341 g/mol. The number of rotatable bonds is 8. The van der Waals surface area contributed by atoms with Gasteiger partial charge in [0.2, 0.25) is 5.91 Å². The van der Waals surface area contributed by atoms with Gasteiger partial charge in [-0.1, -0.05) is 38.1 Å². The lowest BCUT2D eigenvalue weighted by Gasteiger charge is -2.26. The zero-order valence-electron chi connectivity index (χ0n) is 14.4. The van der Waals surface area contributed by atoms with Crippen LogP contribution in [-0.2, 0) is 16.1 Å². The van der Waals surface area contributed by atoms with Crippen molar-refractivity contribution in [3.63, 3.8) is 0 Å². The van der Waals surface area contributed by atoms with Gasteiger partial charge in [0, 0.05) is 24.6 Å². The van der Waals surface area contributed by atoms with Gasteiger partial charge in [-0.05, 0) is 29.7 Å². The van der Waals surface area contributed by atoms with Crippen LogP contribution in [0.15, 0.2) is 54.9 Å². The summed E-state index contributed by atoms with van der Waals surface area (Å²) in [6, 6.07) is 12.4. The fraction of sp³-hybridized carbons (Fsp3) is 0.316. The zero-order valence-corrected chi connectivity index (χ0v) is 14.4. The van der Waals surface area contributed by atoms with Crippen molar-refractivity contribution >= 4 is 17.6 Å². The smallest absolute Gasteiger partial charge is 0.326 e. The van der Waals surface area contributed by atoms with Gasteiger partial charge in [-0.2, -0.15) is 0 Å². The molecule has 6 nitrogen and oxygen atoms in total. The topological polar surface area (TPSA) is 82.5 Å². The number of para-hydroxylation sites is 1. The van der Waals surface area contributed by atoms with E-state index in [4.69, 9.17) is 0 Å². The third-order valence-electron chi connectivity index (χ3n) is 3.80. The number of carbonyl (C=O) groups is 2. The van der Waals surface area contributed by atoms with E-state index in [1.165, 1.54) is 0 Å². The normalized spacial score (nSPS) is 11.8. The van der Waals surface area contributed by atoms with Gasteiger partial charge >= 0.3 is 5.97 Å². The number of amides is 1. The predicted molar refractivity (Wildman–Crippen MR) is 96.1 cm³/mol. The molecule has 0 unspecified atom stereocenters. The van der Waals surface area contributed by atoms with Crippen LogP contribution in [0.3, 0.4) is 0 Å². The Balaban J connectivity index is 2.13. The van der Waals surface area contributed by atoms with Crippen LogP contribution in [0, 0.1) is 5.92 Å². The number of nitrogens with zero attached hydrogens (tertiary/aromatic N) is 2. The van der Waals surface area contributed by atoms with Crippen molar-refractivity contribution < 1.29 is 14.7 Å². The molecular weight excluding hydrogens is 318 g/mol. The number of nitrogens with one attached hydrogen (secondary N) is 1. The average Bonchev–Trinajstić information content (AvgIpc) is 2.60. The Labute approximate surface area is 147 Å². The SMILES string of the molecule is CC(C)[C@@H](NC(=O)CN(Cc1cccnc1)c1ccccc1)C(=O)O. The lowest BCUT2D eigenvalue weighted by Crippen LogP contribution is -2.48. The lowest BCUT2D eigenvalue weighted by atomic mass is 10.0. The standard InChI is InChI=1S/C19H23N3O3/c1-14(2)18(19(24)25)21-17(23)13-22(16-8-4-3-5-9-16)12-15-7-6-10-20-11-15/h3-11,14,18H,12-13H2,1-2H3,(H,21,23)(H,24,25)/t18-/m1/s1. The summed E-state index contributed by atoms with van der Waals surface area (Å²) >= 11 is 0. The highest BCUT2D eigenvalue weighted by molar-refractivity contribution is 5.86. The number of carbonyl (C=O) groups excluding carboxylic acids is 1. The fourth-order valence-corrected chi connectivity index (χ4v) is 2.50. The molecule has 2 rings (SSSR count). The number of aliphatic carboxylic acids is 1. The molecule has 0 aliphatic rings. The Bertz CT molecular complexity index is 690. The van der Waals surface area contributed by atoms with Crippen molar-refractivity contribution in [1.29, 1.82) is 0 Å². The molecule has 2 aromatic rings. The van der Waals surface area contributed by atoms with E-state index in [2.05, 4.69) is 10.3 Å². The first-order valence-electron chi connectivity index (χ1n) is 8.18. The maximum Gasteiger partial charge on any atom is 0.326 e. The number of anilines is 1. The maximum atomic E-state index is 12.4. The maximum absolute atomic E-state index is 12.4. The predicted octanol–water partition coefficient (Wildman–Crippen LogP) is 2.31. The first-order valence-corrected chi connectivity index (χ1v) is 8.18. The van der Waals surface area contributed by atoms with E-state index >= 15 is 0 Å². The Hall–Kier alpha value is -2.89. The molecule has 1 aromatic heterocycles. The summed E-state index contributed by atoms with van der Waals surface area (Å²) in [4.78, 5) is 29.7. The largest absolute Gasteiger partial charge is 0.480 e. The Morgan fingerprint density at radius 2 is 1.88 bits per heavy atom. The summed E-state index contributed by atoms with van der Waals surface area (Å²) in [7, 11) is 0. The molecule has 2 N–H and O–H groups in total. The Morgan fingerprint density at radius 1 is 1.16 bits per heavy atom. The van der Waals surface area contributed by atoms with Crippen LogP contribution >= 0.6 is 0 Å². The second-order valence-electron chi connectivity index (χ2n) is 6.18. The number of pyridine rings is 1. The van der Waals surface area contributed by atoms with E-state index in [1.807, 2.05) is 47.4 Å². The molecule has 0 radical (unpaired) electrons. The molecule has 25 heavy (non-hydrogen) atoms. The van der Waals surface area contributed by atoms with Crippen LogP contribution in [0.4, 0.5) is 5.69 Å². The van der Waals surface area contributed by atoms with Crippen molar-refractivity contribution in [3.8, 4) is 0 Å². The van der Waals surface area contributed by atoms with Gasteiger partial charge in [0.25, 0.3) is 0 Å². The molecule has 1 atom stereocenters. The van der Waals surface area contributed by atoms with E-state index in [1.54, 1.807) is 26.2 Å². The van der Waals surface area contributed by atoms with Crippen molar-refractivity contribution in [2.24, 2.45) is 5.92 Å². The molecular formula is C19H23N3O3. The van der Waals surface area contributed by atoms with Crippen LogP contribution in [0.25, 0.3) is 0 Å². The first-order chi connectivity index (χ1) is 12.0.